The summed E-state index contributed by atoms with van der Waals surface area (Å²) in [5, 5.41) is 6.02. The van der Waals surface area contributed by atoms with Crippen LogP contribution in [0.1, 0.15) is 38.8 Å². The molecule has 1 fully saturated rings. The van der Waals surface area contributed by atoms with Gasteiger partial charge in [-0.2, -0.15) is 0 Å². The van der Waals surface area contributed by atoms with Gasteiger partial charge in [-0.1, -0.05) is 13.0 Å². The van der Waals surface area contributed by atoms with Gasteiger partial charge in [0.2, 0.25) is 5.91 Å². The van der Waals surface area contributed by atoms with Crippen molar-refractivity contribution in [2.24, 2.45) is 5.92 Å². The van der Waals surface area contributed by atoms with Crippen molar-refractivity contribution in [2.75, 3.05) is 19.6 Å². The second kappa shape index (κ2) is 9.24. The lowest BCUT2D eigenvalue weighted by atomic mass is 9.98. The zero-order chi connectivity index (χ0) is 18.4. The molecular formula is C20H28N4OS. The first kappa shape index (κ1) is 19.0. The number of thiazole rings is 1. The Labute approximate surface area is 159 Å². The summed E-state index contributed by atoms with van der Waals surface area (Å²) in [6.07, 6.45) is 5.45. The van der Waals surface area contributed by atoms with Crippen LogP contribution >= 0.6 is 11.3 Å². The van der Waals surface area contributed by atoms with E-state index < -0.39 is 0 Å². The molecule has 1 N–H and O–H groups in total. The highest BCUT2D eigenvalue weighted by Crippen LogP contribution is 2.22. The second-order valence-corrected chi connectivity index (χ2v) is 8.09. The first-order chi connectivity index (χ1) is 12.6. The lowest BCUT2D eigenvalue weighted by Crippen LogP contribution is -2.45. The summed E-state index contributed by atoms with van der Waals surface area (Å²) in [5.41, 5.74) is 1.85. The minimum absolute atomic E-state index is 0.106. The molecule has 1 aliphatic rings. The van der Waals surface area contributed by atoms with Gasteiger partial charge in [0.05, 0.1) is 11.4 Å². The van der Waals surface area contributed by atoms with Crippen LogP contribution in [0.2, 0.25) is 0 Å². The van der Waals surface area contributed by atoms with Crippen LogP contribution in [0.15, 0.2) is 29.8 Å². The first-order valence-corrected chi connectivity index (χ1v) is 10.4. The molecule has 0 saturated carbocycles. The summed E-state index contributed by atoms with van der Waals surface area (Å²) in [6.45, 7) is 7.54. The molecule has 0 aliphatic carbocycles. The van der Waals surface area contributed by atoms with E-state index in [2.05, 4.69) is 34.0 Å². The van der Waals surface area contributed by atoms with Crippen molar-refractivity contribution >= 4 is 17.2 Å². The number of carbonyl (C=O) groups excluding carboxylic acids is 1. The Morgan fingerprint density at radius 3 is 2.92 bits per heavy atom. The number of hydrogen-bond acceptors (Lipinski definition) is 5. The number of aryl methyl sites for hydroxylation is 1. The van der Waals surface area contributed by atoms with E-state index in [1.807, 2.05) is 23.6 Å². The zero-order valence-electron chi connectivity index (χ0n) is 15.6. The van der Waals surface area contributed by atoms with Gasteiger partial charge in [-0.15, -0.1) is 11.3 Å². The summed E-state index contributed by atoms with van der Waals surface area (Å²) in [6, 6.07) is 6.22. The highest BCUT2D eigenvalue weighted by molar-refractivity contribution is 7.13. The molecule has 1 aliphatic heterocycles. The monoisotopic (exact) mass is 372 g/mol. The van der Waals surface area contributed by atoms with Crippen molar-refractivity contribution in [2.45, 2.75) is 45.6 Å². The van der Waals surface area contributed by atoms with Crippen LogP contribution in [-0.2, 0) is 11.2 Å². The molecule has 3 rings (SSSR count). The number of likely N-dealkylation sites (tertiary alicyclic amines) is 1. The van der Waals surface area contributed by atoms with Gasteiger partial charge < -0.3 is 5.32 Å². The van der Waals surface area contributed by atoms with Gasteiger partial charge in [-0.05, 0) is 57.3 Å². The molecule has 5 nitrogen and oxygen atoms in total. The third-order valence-corrected chi connectivity index (χ3v) is 5.99. The van der Waals surface area contributed by atoms with Crippen LogP contribution < -0.4 is 5.32 Å². The van der Waals surface area contributed by atoms with Crippen molar-refractivity contribution < 1.29 is 4.79 Å². The van der Waals surface area contributed by atoms with Crippen LogP contribution in [0.3, 0.4) is 0 Å². The van der Waals surface area contributed by atoms with E-state index in [1.54, 1.807) is 17.5 Å². The first-order valence-electron chi connectivity index (χ1n) is 9.48. The molecule has 140 valence electrons. The molecule has 0 spiro atoms. The number of nitrogens with one attached hydrogen (secondary N) is 1. The van der Waals surface area contributed by atoms with Crippen LogP contribution in [0.4, 0.5) is 0 Å². The fraction of sp³-hybridized carbons (Fsp3) is 0.550. The molecule has 1 atom stereocenters. The number of nitrogens with zero attached hydrogens (tertiary/aromatic N) is 3. The Hall–Kier alpha value is -1.79. The molecule has 1 amide bonds. The van der Waals surface area contributed by atoms with Gasteiger partial charge in [0.25, 0.3) is 0 Å². The lowest BCUT2D eigenvalue weighted by molar-refractivity contribution is -0.121. The molecule has 0 aromatic carbocycles. The van der Waals surface area contributed by atoms with Gasteiger partial charge in [0.15, 0.2) is 0 Å². The molecule has 2 aromatic rings. The largest absolute Gasteiger partial charge is 0.355 e. The van der Waals surface area contributed by atoms with Crippen LogP contribution in [0.25, 0.3) is 10.7 Å². The fourth-order valence-electron chi connectivity index (χ4n) is 3.22. The van der Waals surface area contributed by atoms with Gasteiger partial charge in [0.1, 0.15) is 5.01 Å². The summed E-state index contributed by atoms with van der Waals surface area (Å²) in [4.78, 5) is 23.6. The summed E-state index contributed by atoms with van der Waals surface area (Å²) >= 11 is 1.58. The Bertz CT molecular complexity index is 695. The molecule has 1 unspecified atom stereocenters. The summed E-state index contributed by atoms with van der Waals surface area (Å²) < 4.78 is 0. The van der Waals surface area contributed by atoms with Crippen LogP contribution in [-0.4, -0.2) is 46.5 Å². The maximum Gasteiger partial charge on any atom is 0.220 e. The fourth-order valence-corrected chi connectivity index (χ4v) is 4.05. The van der Waals surface area contributed by atoms with Crippen molar-refractivity contribution in [3.8, 4) is 10.7 Å². The van der Waals surface area contributed by atoms with E-state index in [-0.39, 0.29) is 5.91 Å². The minimum Gasteiger partial charge on any atom is -0.355 e. The SMILES string of the molecule is CC1CCN(C(C)CNC(=O)CCc2csc(-c3ccccn3)n2)CC1. The number of amides is 1. The molecule has 0 bridgehead atoms. The summed E-state index contributed by atoms with van der Waals surface area (Å²) in [5.74, 6) is 0.941. The predicted octanol–water partition coefficient (Wildman–Crippen LogP) is 3.37. The van der Waals surface area contributed by atoms with Crippen molar-refractivity contribution in [1.29, 1.82) is 0 Å². The van der Waals surface area contributed by atoms with E-state index >= 15 is 0 Å². The number of pyridine rings is 1. The van der Waals surface area contributed by atoms with E-state index in [4.69, 9.17) is 0 Å². The van der Waals surface area contributed by atoms with Crippen molar-refractivity contribution in [3.63, 3.8) is 0 Å². The van der Waals surface area contributed by atoms with Crippen molar-refractivity contribution in [3.05, 3.63) is 35.5 Å². The highest BCUT2D eigenvalue weighted by atomic mass is 32.1. The van der Waals surface area contributed by atoms with Crippen molar-refractivity contribution in [1.82, 2.24) is 20.2 Å². The van der Waals surface area contributed by atoms with E-state index in [0.29, 0.717) is 18.9 Å². The van der Waals surface area contributed by atoms with Crippen LogP contribution in [0.5, 0.6) is 0 Å². The molecule has 1 saturated heterocycles. The maximum atomic E-state index is 12.2. The average molecular weight is 373 g/mol. The Morgan fingerprint density at radius 1 is 1.38 bits per heavy atom. The van der Waals surface area contributed by atoms with E-state index in [9.17, 15) is 4.79 Å². The Kier molecular flexibility index (Phi) is 6.74. The number of rotatable bonds is 7. The standard InChI is InChI=1S/C20H28N4OS/c1-15-8-11-24(12-9-15)16(2)13-22-19(25)7-6-17-14-26-20(23-17)18-5-3-4-10-21-18/h3-5,10,14-16H,6-9,11-13H2,1-2H3,(H,22,25). The van der Waals surface area contributed by atoms with Gasteiger partial charge >= 0.3 is 0 Å². The summed E-state index contributed by atoms with van der Waals surface area (Å²) in [7, 11) is 0. The number of aromatic nitrogens is 2. The quantitative estimate of drug-likeness (QED) is 0.809. The molecule has 26 heavy (non-hydrogen) atoms. The van der Waals surface area contributed by atoms with E-state index in [1.165, 1.54) is 12.8 Å². The number of piperidine rings is 1. The topological polar surface area (TPSA) is 58.1 Å². The molecular weight excluding hydrogens is 344 g/mol. The normalized spacial score (nSPS) is 17.2. The second-order valence-electron chi connectivity index (χ2n) is 7.23. The Morgan fingerprint density at radius 2 is 2.19 bits per heavy atom. The third-order valence-electron chi connectivity index (χ3n) is 5.08. The average Bonchev–Trinajstić information content (AvgIpc) is 3.15. The number of carbonyl (C=O) groups is 1. The smallest absolute Gasteiger partial charge is 0.220 e. The molecule has 0 radical (unpaired) electrons. The predicted molar refractivity (Wildman–Crippen MR) is 106 cm³/mol. The highest BCUT2D eigenvalue weighted by Gasteiger charge is 2.20. The van der Waals surface area contributed by atoms with Crippen LogP contribution in [0, 0.1) is 5.92 Å². The maximum absolute atomic E-state index is 12.2. The number of hydrogen-bond donors (Lipinski definition) is 1. The Balaban J connectivity index is 1.40. The van der Waals surface area contributed by atoms with E-state index in [0.717, 1.165) is 41.9 Å². The molecule has 3 heterocycles. The minimum atomic E-state index is 0.106. The van der Waals surface area contributed by atoms with Gasteiger partial charge in [-0.25, -0.2) is 4.98 Å². The third kappa shape index (κ3) is 5.35. The molecule has 2 aromatic heterocycles. The van der Waals surface area contributed by atoms with Gasteiger partial charge in [-0.3, -0.25) is 14.7 Å². The molecule has 6 heteroatoms. The zero-order valence-corrected chi connectivity index (χ0v) is 16.5. The lowest BCUT2D eigenvalue weighted by Gasteiger charge is -2.35. The van der Waals surface area contributed by atoms with Gasteiger partial charge in [0, 0.05) is 30.6 Å².